The number of piperidine rings is 1. The topological polar surface area (TPSA) is 90.2 Å². The summed E-state index contributed by atoms with van der Waals surface area (Å²) in [6, 6.07) is 9.79. The predicted octanol–water partition coefficient (Wildman–Crippen LogP) is 2.37. The van der Waals surface area contributed by atoms with Gasteiger partial charge in [0.2, 0.25) is 5.95 Å². The van der Waals surface area contributed by atoms with Crippen LogP contribution < -0.4 is 21.9 Å². The Kier molecular flexibility index (Phi) is 4.46. The first-order valence-electron chi connectivity index (χ1n) is 9.84. The van der Waals surface area contributed by atoms with Crippen molar-refractivity contribution in [1.82, 2.24) is 9.55 Å². The molecule has 27 heavy (non-hydrogen) atoms. The number of rotatable bonds is 2. The maximum Gasteiger partial charge on any atom is 0.264 e. The molecule has 1 aliphatic carbocycles. The molecule has 1 spiro atoms. The summed E-state index contributed by atoms with van der Waals surface area (Å²) in [6.07, 6.45) is 4.43. The van der Waals surface area contributed by atoms with Crippen LogP contribution >= 0.6 is 0 Å². The van der Waals surface area contributed by atoms with Crippen LogP contribution in [0, 0.1) is 11.3 Å². The van der Waals surface area contributed by atoms with Crippen LogP contribution in [0.1, 0.15) is 32.6 Å². The fraction of sp³-hybridized carbons (Fsp3) is 0.524. The average molecular weight is 367 g/mol. The molecule has 1 saturated carbocycles. The Morgan fingerprint density at radius 3 is 2.44 bits per heavy atom. The zero-order valence-corrected chi connectivity index (χ0v) is 16.2. The summed E-state index contributed by atoms with van der Waals surface area (Å²) < 4.78 is 1.63. The van der Waals surface area contributed by atoms with E-state index in [2.05, 4.69) is 16.8 Å². The molecule has 2 atom stereocenters. The van der Waals surface area contributed by atoms with E-state index in [4.69, 9.17) is 11.5 Å². The third-order valence-corrected chi connectivity index (χ3v) is 6.60. The molecule has 1 aromatic heterocycles. The Balaban J connectivity index is 1.62. The predicted molar refractivity (Wildman–Crippen MR) is 110 cm³/mol. The lowest BCUT2D eigenvalue weighted by Gasteiger charge is -2.42. The van der Waals surface area contributed by atoms with Gasteiger partial charge in [-0.15, -0.1) is 0 Å². The van der Waals surface area contributed by atoms with Gasteiger partial charge in [0.05, 0.1) is 5.56 Å². The minimum Gasteiger partial charge on any atom is -0.383 e. The minimum absolute atomic E-state index is 0.102. The normalized spacial score (nSPS) is 24.5. The molecule has 6 nitrogen and oxygen atoms in total. The first-order chi connectivity index (χ1) is 12.9. The van der Waals surface area contributed by atoms with E-state index < -0.39 is 0 Å². The van der Waals surface area contributed by atoms with Crippen LogP contribution in [0.5, 0.6) is 0 Å². The van der Waals surface area contributed by atoms with Crippen molar-refractivity contribution in [2.24, 2.45) is 24.1 Å². The van der Waals surface area contributed by atoms with E-state index in [1.54, 1.807) is 11.6 Å². The number of benzene rings is 1. The van der Waals surface area contributed by atoms with E-state index in [1.807, 2.05) is 30.3 Å². The van der Waals surface area contributed by atoms with Crippen LogP contribution in [0.25, 0.3) is 11.1 Å². The van der Waals surface area contributed by atoms with Crippen molar-refractivity contribution in [3.05, 3.63) is 40.7 Å². The quantitative estimate of drug-likeness (QED) is 0.850. The molecule has 4 N–H and O–H groups in total. The number of nitrogen functional groups attached to an aromatic ring is 1. The Hall–Kier alpha value is -2.34. The van der Waals surface area contributed by atoms with Crippen LogP contribution in [-0.4, -0.2) is 28.7 Å². The Morgan fingerprint density at radius 1 is 1.19 bits per heavy atom. The molecule has 0 unspecified atom stereocenters. The molecule has 0 bridgehead atoms. The van der Waals surface area contributed by atoms with Gasteiger partial charge in [0, 0.05) is 26.2 Å². The van der Waals surface area contributed by atoms with Crippen molar-refractivity contribution in [2.75, 3.05) is 23.7 Å². The maximum absolute atomic E-state index is 13.0. The number of anilines is 2. The summed E-state index contributed by atoms with van der Waals surface area (Å²) in [5, 5.41) is 0. The minimum atomic E-state index is -0.102. The lowest BCUT2D eigenvalue weighted by Crippen LogP contribution is -2.48. The zero-order chi connectivity index (χ0) is 19.2. The van der Waals surface area contributed by atoms with E-state index in [0.29, 0.717) is 23.2 Å². The van der Waals surface area contributed by atoms with Gasteiger partial charge < -0.3 is 16.4 Å². The Bertz CT molecular complexity index is 883. The second-order valence-corrected chi connectivity index (χ2v) is 8.40. The van der Waals surface area contributed by atoms with E-state index >= 15 is 0 Å². The summed E-state index contributed by atoms with van der Waals surface area (Å²) in [6.45, 7) is 4.03. The van der Waals surface area contributed by atoms with Crippen LogP contribution in [-0.2, 0) is 7.05 Å². The highest BCUT2D eigenvalue weighted by molar-refractivity contribution is 5.73. The number of hydrogen-bond acceptors (Lipinski definition) is 5. The van der Waals surface area contributed by atoms with Gasteiger partial charge in [0.15, 0.2) is 0 Å². The second-order valence-electron chi connectivity index (χ2n) is 8.40. The van der Waals surface area contributed by atoms with Gasteiger partial charge in [-0.25, -0.2) is 0 Å². The summed E-state index contributed by atoms with van der Waals surface area (Å²) >= 11 is 0. The van der Waals surface area contributed by atoms with Gasteiger partial charge in [0.1, 0.15) is 5.82 Å². The van der Waals surface area contributed by atoms with Gasteiger partial charge in [-0.05, 0) is 42.6 Å². The zero-order valence-electron chi connectivity index (χ0n) is 16.2. The first kappa shape index (κ1) is 18.0. The van der Waals surface area contributed by atoms with Crippen LogP contribution in [0.2, 0.25) is 0 Å². The number of aromatic nitrogens is 2. The monoisotopic (exact) mass is 367 g/mol. The maximum atomic E-state index is 13.0. The molecular formula is C21H29N5O. The van der Waals surface area contributed by atoms with E-state index in [-0.39, 0.29) is 17.0 Å². The van der Waals surface area contributed by atoms with Crippen LogP contribution in [0.3, 0.4) is 0 Å². The SMILES string of the molecule is C[C@@H]1C[C@@H](N)C2(CCN(c3nc(N)c(-c4ccccc4)c(=O)n3C)CC2)C1. The smallest absolute Gasteiger partial charge is 0.264 e. The van der Waals surface area contributed by atoms with E-state index in [0.717, 1.165) is 37.9 Å². The van der Waals surface area contributed by atoms with E-state index in [1.165, 1.54) is 6.42 Å². The van der Waals surface area contributed by atoms with Crippen molar-refractivity contribution < 1.29 is 0 Å². The summed E-state index contributed by atoms with van der Waals surface area (Å²) in [4.78, 5) is 19.8. The Labute approximate surface area is 160 Å². The molecule has 1 aromatic carbocycles. The van der Waals surface area contributed by atoms with Gasteiger partial charge >= 0.3 is 0 Å². The Morgan fingerprint density at radius 2 is 1.85 bits per heavy atom. The van der Waals surface area contributed by atoms with Gasteiger partial charge in [-0.2, -0.15) is 4.98 Å². The molecular weight excluding hydrogens is 338 g/mol. The van der Waals surface area contributed by atoms with Crippen molar-refractivity contribution >= 4 is 11.8 Å². The summed E-state index contributed by atoms with van der Waals surface area (Å²) in [5.74, 6) is 1.66. The lowest BCUT2D eigenvalue weighted by molar-refractivity contribution is 0.192. The molecule has 4 rings (SSSR count). The van der Waals surface area contributed by atoms with E-state index in [9.17, 15) is 4.79 Å². The molecule has 6 heteroatoms. The third-order valence-electron chi connectivity index (χ3n) is 6.60. The molecule has 2 fully saturated rings. The van der Waals surface area contributed by atoms with Crippen LogP contribution in [0.4, 0.5) is 11.8 Å². The van der Waals surface area contributed by atoms with Crippen molar-refractivity contribution in [3.63, 3.8) is 0 Å². The second kappa shape index (κ2) is 6.68. The molecule has 2 aromatic rings. The molecule has 2 heterocycles. The van der Waals surface area contributed by atoms with Gasteiger partial charge in [-0.3, -0.25) is 9.36 Å². The highest BCUT2D eigenvalue weighted by Gasteiger charge is 2.46. The molecule has 1 saturated heterocycles. The van der Waals surface area contributed by atoms with Crippen LogP contribution in [0.15, 0.2) is 35.1 Å². The lowest BCUT2D eigenvalue weighted by atomic mass is 9.74. The van der Waals surface area contributed by atoms with Gasteiger partial charge in [0.25, 0.3) is 5.56 Å². The third kappa shape index (κ3) is 3.02. The molecule has 2 aliphatic rings. The average Bonchev–Trinajstić information content (AvgIpc) is 2.93. The standard InChI is InChI=1S/C21H29N5O/c1-14-12-16(22)21(13-14)8-10-26(11-9-21)20-24-18(23)17(19(27)25(20)2)15-6-4-3-5-7-15/h3-7,14,16H,8-13,22-23H2,1-2H3/t14-,16-/m1/s1. The van der Waals surface area contributed by atoms with Crippen molar-refractivity contribution in [2.45, 2.75) is 38.6 Å². The van der Waals surface area contributed by atoms with Gasteiger partial charge in [-0.1, -0.05) is 37.3 Å². The summed E-state index contributed by atoms with van der Waals surface area (Å²) in [5.41, 5.74) is 14.1. The fourth-order valence-corrected chi connectivity index (χ4v) is 5.10. The number of nitrogens with zero attached hydrogens (tertiary/aromatic N) is 3. The van der Waals surface area contributed by atoms with Crippen molar-refractivity contribution in [1.29, 1.82) is 0 Å². The number of hydrogen-bond donors (Lipinski definition) is 2. The first-order valence-corrected chi connectivity index (χ1v) is 9.84. The molecule has 144 valence electrons. The molecule has 1 aliphatic heterocycles. The largest absolute Gasteiger partial charge is 0.383 e. The summed E-state index contributed by atoms with van der Waals surface area (Å²) in [7, 11) is 1.78. The molecule has 0 amide bonds. The highest BCUT2D eigenvalue weighted by Crippen LogP contribution is 2.48. The highest BCUT2D eigenvalue weighted by atomic mass is 16.1. The number of nitrogens with two attached hydrogens (primary N) is 2. The molecule has 0 radical (unpaired) electrons. The van der Waals surface area contributed by atoms with Crippen molar-refractivity contribution in [3.8, 4) is 11.1 Å². The fourth-order valence-electron chi connectivity index (χ4n) is 5.10.